The Kier molecular flexibility index (Phi) is 3.63. The van der Waals surface area contributed by atoms with Crippen LogP contribution in [0.3, 0.4) is 0 Å². The van der Waals surface area contributed by atoms with Crippen LogP contribution in [0.5, 0.6) is 0 Å². The Morgan fingerprint density at radius 3 is 2.91 bits per heavy atom. The van der Waals surface area contributed by atoms with Gasteiger partial charge < -0.3 is 13.9 Å². The van der Waals surface area contributed by atoms with Gasteiger partial charge in [0.05, 0.1) is 5.69 Å². The lowest BCUT2D eigenvalue weighted by atomic mass is 9.96. The predicted molar refractivity (Wildman–Crippen MR) is 80.7 cm³/mol. The van der Waals surface area contributed by atoms with E-state index >= 15 is 0 Å². The minimum Gasteiger partial charge on any atom is -0.350 e. The molecule has 0 saturated carbocycles. The van der Waals surface area contributed by atoms with Crippen LogP contribution in [0.1, 0.15) is 55.6 Å². The van der Waals surface area contributed by atoms with Gasteiger partial charge in [-0.2, -0.15) is 4.98 Å². The summed E-state index contributed by atoms with van der Waals surface area (Å²) in [5.74, 6) is 1.92. The van der Waals surface area contributed by atoms with Crippen LogP contribution in [0.4, 0.5) is 0 Å². The highest BCUT2D eigenvalue weighted by Crippen LogP contribution is 2.32. The van der Waals surface area contributed by atoms with Crippen molar-refractivity contribution in [2.75, 3.05) is 13.1 Å². The number of piperidine rings is 1. The number of hydrogen-bond donors (Lipinski definition) is 0. The monoisotopic (exact) mass is 316 g/mol. The molecule has 3 heterocycles. The van der Waals surface area contributed by atoms with Crippen molar-refractivity contribution in [3.8, 4) is 11.7 Å². The molecule has 1 aliphatic carbocycles. The second-order valence-electron chi connectivity index (χ2n) is 6.41. The first-order valence-corrected chi connectivity index (χ1v) is 8.29. The maximum absolute atomic E-state index is 11.6. The van der Waals surface area contributed by atoms with Crippen molar-refractivity contribution in [3.05, 3.63) is 17.1 Å². The first kappa shape index (κ1) is 14.4. The minimum absolute atomic E-state index is 0.0997. The van der Waals surface area contributed by atoms with E-state index in [1.165, 1.54) is 0 Å². The third-order valence-corrected chi connectivity index (χ3v) is 4.83. The number of likely N-dealkylation sites (tertiary alicyclic amines) is 1. The second-order valence-corrected chi connectivity index (χ2v) is 6.41. The zero-order valence-corrected chi connectivity index (χ0v) is 13.2. The fourth-order valence-electron chi connectivity index (χ4n) is 3.53. The molecule has 0 radical (unpaired) electrons. The molecule has 0 bridgehead atoms. The van der Waals surface area contributed by atoms with Crippen LogP contribution < -0.4 is 0 Å². The first-order valence-electron chi connectivity index (χ1n) is 8.29. The summed E-state index contributed by atoms with van der Waals surface area (Å²) in [6, 6.07) is 0. The van der Waals surface area contributed by atoms with Crippen molar-refractivity contribution in [2.45, 2.75) is 51.4 Å². The average molecular weight is 316 g/mol. The predicted octanol–water partition coefficient (Wildman–Crippen LogP) is 2.33. The zero-order valence-electron chi connectivity index (χ0n) is 13.2. The van der Waals surface area contributed by atoms with Crippen molar-refractivity contribution >= 4 is 5.91 Å². The molecule has 0 spiro atoms. The first-order chi connectivity index (χ1) is 11.2. The molecule has 1 fully saturated rings. The van der Waals surface area contributed by atoms with Gasteiger partial charge in [-0.25, -0.2) is 0 Å². The molecule has 0 N–H and O–H groups in total. The van der Waals surface area contributed by atoms with Crippen molar-refractivity contribution in [2.24, 2.45) is 0 Å². The van der Waals surface area contributed by atoms with E-state index < -0.39 is 0 Å². The van der Waals surface area contributed by atoms with Crippen LogP contribution in [-0.2, 0) is 17.6 Å². The highest BCUT2D eigenvalue weighted by atomic mass is 16.5. The maximum Gasteiger partial charge on any atom is 0.296 e. The van der Waals surface area contributed by atoms with Crippen LogP contribution in [0.15, 0.2) is 9.05 Å². The van der Waals surface area contributed by atoms with E-state index in [4.69, 9.17) is 9.05 Å². The molecule has 7 nitrogen and oxygen atoms in total. The van der Waals surface area contributed by atoms with Gasteiger partial charge in [-0.3, -0.25) is 4.79 Å². The summed E-state index contributed by atoms with van der Waals surface area (Å²) in [7, 11) is 0. The number of aryl methyl sites for hydroxylation is 1. The smallest absolute Gasteiger partial charge is 0.296 e. The molecule has 0 aromatic carbocycles. The number of amides is 1. The molecule has 1 atom stereocenters. The molecule has 1 unspecified atom stereocenters. The van der Waals surface area contributed by atoms with Gasteiger partial charge in [0.1, 0.15) is 0 Å². The van der Waals surface area contributed by atoms with Crippen LogP contribution in [0, 0.1) is 0 Å². The molecule has 2 aromatic rings. The third kappa shape index (κ3) is 2.64. The number of carbonyl (C=O) groups is 1. The minimum atomic E-state index is 0.0997. The summed E-state index contributed by atoms with van der Waals surface area (Å²) < 4.78 is 10.9. The van der Waals surface area contributed by atoms with Gasteiger partial charge in [0.25, 0.3) is 5.89 Å². The number of hydrogen-bond acceptors (Lipinski definition) is 6. The van der Waals surface area contributed by atoms with E-state index in [1.807, 2.05) is 4.90 Å². The van der Waals surface area contributed by atoms with E-state index in [2.05, 4.69) is 15.3 Å². The van der Waals surface area contributed by atoms with Gasteiger partial charge in [0.15, 0.2) is 5.82 Å². The highest BCUT2D eigenvalue weighted by Gasteiger charge is 2.29. The number of nitrogens with zero attached hydrogens (tertiary/aromatic N) is 4. The van der Waals surface area contributed by atoms with E-state index in [1.54, 1.807) is 6.92 Å². The Morgan fingerprint density at radius 2 is 2.04 bits per heavy atom. The van der Waals surface area contributed by atoms with Crippen LogP contribution in [0.2, 0.25) is 0 Å². The number of fused-ring (bicyclic) bond motifs is 1. The molecule has 2 aliphatic rings. The Hall–Kier alpha value is -2.18. The fourth-order valence-corrected chi connectivity index (χ4v) is 3.53. The lowest BCUT2D eigenvalue weighted by molar-refractivity contribution is -0.130. The molecule has 23 heavy (non-hydrogen) atoms. The number of aromatic nitrogens is 3. The van der Waals surface area contributed by atoms with Crippen LogP contribution in [0.25, 0.3) is 11.7 Å². The SMILES string of the molecule is CC(=O)N1CCCC(c2noc(-c3onc4c3CCCC4)n2)C1. The van der Waals surface area contributed by atoms with Gasteiger partial charge in [-0.15, -0.1) is 0 Å². The molecular weight excluding hydrogens is 296 g/mol. The summed E-state index contributed by atoms with van der Waals surface area (Å²) in [6.45, 7) is 3.07. The van der Waals surface area contributed by atoms with Crippen molar-refractivity contribution < 1.29 is 13.8 Å². The van der Waals surface area contributed by atoms with Crippen molar-refractivity contribution in [1.29, 1.82) is 0 Å². The highest BCUT2D eigenvalue weighted by molar-refractivity contribution is 5.73. The summed E-state index contributed by atoms with van der Waals surface area (Å²) in [4.78, 5) is 17.9. The molecule has 1 aliphatic heterocycles. The maximum atomic E-state index is 11.6. The summed E-state index contributed by atoms with van der Waals surface area (Å²) in [5.41, 5.74) is 2.13. The number of rotatable bonds is 2. The lowest BCUT2D eigenvalue weighted by Gasteiger charge is -2.30. The van der Waals surface area contributed by atoms with Crippen LogP contribution >= 0.6 is 0 Å². The van der Waals surface area contributed by atoms with Crippen LogP contribution in [-0.4, -0.2) is 39.2 Å². The van der Waals surface area contributed by atoms with E-state index in [0.29, 0.717) is 24.0 Å². The Bertz CT molecular complexity index is 721. The molecule has 122 valence electrons. The average Bonchev–Trinajstić information content (AvgIpc) is 3.21. The van der Waals surface area contributed by atoms with E-state index in [0.717, 1.165) is 56.3 Å². The Balaban J connectivity index is 1.57. The van der Waals surface area contributed by atoms with Gasteiger partial charge in [-0.05, 0) is 38.5 Å². The van der Waals surface area contributed by atoms with Gasteiger partial charge in [0.2, 0.25) is 11.7 Å². The molecule has 2 aromatic heterocycles. The fraction of sp³-hybridized carbons (Fsp3) is 0.625. The van der Waals surface area contributed by atoms with Crippen molar-refractivity contribution in [3.63, 3.8) is 0 Å². The largest absolute Gasteiger partial charge is 0.350 e. The lowest BCUT2D eigenvalue weighted by Crippen LogP contribution is -2.37. The van der Waals surface area contributed by atoms with Gasteiger partial charge in [-0.1, -0.05) is 10.3 Å². The third-order valence-electron chi connectivity index (χ3n) is 4.83. The standard InChI is InChI=1S/C16H20N4O3/c1-10(21)20-8-4-5-11(9-20)15-17-16(23-19-15)14-12-6-2-3-7-13(12)18-22-14/h11H,2-9H2,1H3. The Morgan fingerprint density at radius 1 is 1.17 bits per heavy atom. The molecule has 7 heteroatoms. The molecular formula is C16H20N4O3. The van der Waals surface area contributed by atoms with E-state index in [9.17, 15) is 4.79 Å². The molecule has 1 saturated heterocycles. The quantitative estimate of drug-likeness (QED) is 0.845. The topological polar surface area (TPSA) is 85.3 Å². The summed E-state index contributed by atoms with van der Waals surface area (Å²) in [6.07, 6.45) is 6.13. The second kappa shape index (κ2) is 5.79. The van der Waals surface area contributed by atoms with Gasteiger partial charge in [0, 0.05) is 31.5 Å². The normalized spacial score (nSPS) is 21.3. The summed E-state index contributed by atoms with van der Waals surface area (Å²) >= 11 is 0. The summed E-state index contributed by atoms with van der Waals surface area (Å²) in [5, 5.41) is 8.26. The Labute approximate surface area is 134 Å². The van der Waals surface area contributed by atoms with Crippen molar-refractivity contribution in [1.82, 2.24) is 20.2 Å². The number of carbonyl (C=O) groups excluding carboxylic acids is 1. The molecule has 1 amide bonds. The van der Waals surface area contributed by atoms with Gasteiger partial charge >= 0.3 is 0 Å². The molecule has 4 rings (SSSR count). The zero-order chi connectivity index (χ0) is 15.8. The van der Waals surface area contributed by atoms with E-state index in [-0.39, 0.29) is 11.8 Å².